The molecule has 2 unspecified atom stereocenters. The average Bonchev–Trinajstić information content (AvgIpc) is 2.89. The Morgan fingerprint density at radius 2 is 2.17 bits per heavy atom. The Bertz CT molecular complexity index is 634. The molecule has 24 heavy (non-hydrogen) atoms. The van der Waals surface area contributed by atoms with Gasteiger partial charge in [0.15, 0.2) is 0 Å². The third kappa shape index (κ3) is 3.28. The van der Waals surface area contributed by atoms with Crippen molar-refractivity contribution in [3.8, 4) is 0 Å². The van der Waals surface area contributed by atoms with E-state index in [2.05, 4.69) is 10.6 Å². The summed E-state index contributed by atoms with van der Waals surface area (Å²) in [4.78, 5) is 25.2. The van der Waals surface area contributed by atoms with Crippen LogP contribution in [0.4, 0.5) is 5.69 Å². The van der Waals surface area contributed by atoms with Crippen LogP contribution in [-0.2, 0) is 16.1 Å². The van der Waals surface area contributed by atoms with Crippen LogP contribution in [0, 0.1) is 0 Å². The maximum Gasteiger partial charge on any atom is 0.244 e. The van der Waals surface area contributed by atoms with Crippen molar-refractivity contribution in [1.82, 2.24) is 10.2 Å². The molecule has 0 spiro atoms. The van der Waals surface area contributed by atoms with Crippen LogP contribution in [0.1, 0.15) is 43.0 Å². The van der Waals surface area contributed by atoms with E-state index in [4.69, 9.17) is 5.73 Å². The van der Waals surface area contributed by atoms with Crippen molar-refractivity contribution < 1.29 is 14.7 Å². The van der Waals surface area contributed by atoms with E-state index in [1.165, 1.54) is 0 Å². The van der Waals surface area contributed by atoms with Crippen LogP contribution in [0.25, 0.3) is 0 Å². The predicted octanol–water partition coefficient (Wildman–Crippen LogP) is 0.449. The van der Waals surface area contributed by atoms with Crippen molar-refractivity contribution in [3.63, 3.8) is 0 Å². The molecule has 3 rings (SSSR count). The standard InChI is InChI=1S/C17H24N4O3/c18-8-1-2-9-19-13-5-3-4-11-12(13)10-21(17(11)24)14-6-7-15(22)20-16(14)23/h3-5,14,17,19,24H,1-2,6-10,18H2,(H,20,22,23). The molecule has 1 fully saturated rings. The molecule has 1 aromatic carbocycles. The van der Waals surface area contributed by atoms with E-state index in [1.54, 1.807) is 4.90 Å². The van der Waals surface area contributed by atoms with E-state index in [-0.39, 0.29) is 11.8 Å². The molecule has 1 aromatic rings. The molecule has 2 atom stereocenters. The lowest BCUT2D eigenvalue weighted by atomic mass is 10.0. The number of nitrogens with one attached hydrogen (secondary N) is 2. The third-order valence-corrected chi connectivity index (χ3v) is 4.70. The number of unbranched alkanes of at least 4 members (excludes halogenated alkanes) is 1. The molecular formula is C17H24N4O3. The first kappa shape index (κ1) is 16.9. The van der Waals surface area contributed by atoms with Crippen LogP contribution in [0.15, 0.2) is 18.2 Å². The second-order valence-corrected chi connectivity index (χ2v) is 6.31. The molecule has 2 heterocycles. The van der Waals surface area contributed by atoms with Crippen molar-refractivity contribution in [2.45, 2.75) is 44.5 Å². The summed E-state index contributed by atoms with van der Waals surface area (Å²) in [6, 6.07) is 5.30. The Hall–Kier alpha value is -1.96. The van der Waals surface area contributed by atoms with Crippen molar-refractivity contribution in [2.24, 2.45) is 5.73 Å². The average molecular weight is 332 g/mol. The molecule has 2 amide bonds. The van der Waals surface area contributed by atoms with E-state index in [0.29, 0.717) is 25.9 Å². The van der Waals surface area contributed by atoms with Gasteiger partial charge in [-0.2, -0.15) is 0 Å². The fourth-order valence-corrected chi connectivity index (χ4v) is 3.41. The second-order valence-electron chi connectivity index (χ2n) is 6.31. The lowest BCUT2D eigenvalue weighted by Gasteiger charge is -2.31. The summed E-state index contributed by atoms with van der Waals surface area (Å²) < 4.78 is 0. The van der Waals surface area contributed by atoms with Crippen LogP contribution in [0.5, 0.6) is 0 Å². The molecule has 0 saturated carbocycles. The van der Waals surface area contributed by atoms with Gasteiger partial charge in [0, 0.05) is 30.8 Å². The number of nitrogens with two attached hydrogens (primary N) is 1. The fraction of sp³-hybridized carbons (Fsp3) is 0.529. The van der Waals surface area contributed by atoms with Gasteiger partial charge in [-0.25, -0.2) is 0 Å². The first-order valence-corrected chi connectivity index (χ1v) is 8.45. The van der Waals surface area contributed by atoms with E-state index >= 15 is 0 Å². The number of benzene rings is 1. The molecule has 2 aliphatic rings. The Morgan fingerprint density at radius 1 is 1.33 bits per heavy atom. The molecule has 0 aliphatic carbocycles. The number of hydrogen-bond acceptors (Lipinski definition) is 6. The number of anilines is 1. The number of aliphatic hydroxyl groups excluding tert-OH is 1. The van der Waals surface area contributed by atoms with E-state index in [9.17, 15) is 14.7 Å². The molecule has 0 bridgehead atoms. The molecule has 0 aromatic heterocycles. The van der Waals surface area contributed by atoms with Gasteiger partial charge < -0.3 is 16.2 Å². The summed E-state index contributed by atoms with van der Waals surface area (Å²) >= 11 is 0. The highest BCUT2D eigenvalue weighted by Gasteiger charge is 2.40. The van der Waals surface area contributed by atoms with Gasteiger partial charge in [0.2, 0.25) is 11.8 Å². The monoisotopic (exact) mass is 332 g/mol. The number of aliphatic hydroxyl groups is 1. The minimum absolute atomic E-state index is 0.246. The molecule has 0 radical (unpaired) electrons. The first-order chi connectivity index (χ1) is 11.6. The Labute approximate surface area is 141 Å². The minimum atomic E-state index is -0.824. The number of imide groups is 1. The predicted molar refractivity (Wildman–Crippen MR) is 89.9 cm³/mol. The van der Waals surface area contributed by atoms with Crippen molar-refractivity contribution in [2.75, 3.05) is 18.4 Å². The van der Waals surface area contributed by atoms with Crippen molar-refractivity contribution in [1.29, 1.82) is 0 Å². The number of piperidine rings is 1. The molecule has 1 saturated heterocycles. The van der Waals surface area contributed by atoms with Gasteiger partial charge in [-0.15, -0.1) is 0 Å². The first-order valence-electron chi connectivity index (χ1n) is 8.45. The fourth-order valence-electron chi connectivity index (χ4n) is 3.41. The zero-order chi connectivity index (χ0) is 17.1. The van der Waals surface area contributed by atoms with Crippen molar-refractivity contribution >= 4 is 17.5 Å². The number of hydrogen-bond donors (Lipinski definition) is 4. The van der Waals surface area contributed by atoms with Gasteiger partial charge >= 0.3 is 0 Å². The number of amides is 2. The van der Waals surface area contributed by atoms with Gasteiger partial charge in [-0.05, 0) is 37.4 Å². The highest BCUT2D eigenvalue weighted by molar-refractivity contribution is 6.00. The van der Waals surface area contributed by atoms with Gasteiger partial charge in [0.25, 0.3) is 0 Å². The Morgan fingerprint density at radius 3 is 2.92 bits per heavy atom. The molecule has 7 heteroatoms. The highest BCUT2D eigenvalue weighted by Crippen LogP contribution is 2.38. The topological polar surface area (TPSA) is 108 Å². The second kappa shape index (κ2) is 7.29. The van der Waals surface area contributed by atoms with Gasteiger partial charge in [0.05, 0.1) is 6.04 Å². The molecule has 2 aliphatic heterocycles. The minimum Gasteiger partial charge on any atom is -0.385 e. The normalized spacial score (nSPS) is 23.9. The summed E-state index contributed by atoms with van der Waals surface area (Å²) in [5, 5.41) is 16.4. The molecule has 5 N–H and O–H groups in total. The van der Waals surface area contributed by atoms with Crippen LogP contribution in [-0.4, -0.2) is 41.0 Å². The molecular weight excluding hydrogens is 308 g/mol. The summed E-state index contributed by atoms with van der Waals surface area (Å²) in [6.45, 7) is 1.99. The number of carbonyl (C=O) groups excluding carboxylic acids is 2. The van der Waals surface area contributed by atoms with Crippen LogP contribution >= 0.6 is 0 Å². The SMILES string of the molecule is NCCCCNc1cccc2c1CN(C1CCC(=O)NC1=O)C2O. The zero-order valence-electron chi connectivity index (χ0n) is 13.6. The van der Waals surface area contributed by atoms with Gasteiger partial charge in [-0.3, -0.25) is 19.8 Å². The summed E-state index contributed by atoms with van der Waals surface area (Å²) in [7, 11) is 0. The number of nitrogens with zero attached hydrogens (tertiary/aromatic N) is 1. The third-order valence-electron chi connectivity index (χ3n) is 4.70. The quantitative estimate of drug-likeness (QED) is 0.445. The van der Waals surface area contributed by atoms with Gasteiger partial charge in [-0.1, -0.05) is 12.1 Å². The zero-order valence-corrected chi connectivity index (χ0v) is 13.6. The van der Waals surface area contributed by atoms with Crippen LogP contribution in [0.2, 0.25) is 0 Å². The number of fused-ring (bicyclic) bond motifs is 1. The number of carbonyl (C=O) groups is 2. The van der Waals surface area contributed by atoms with Crippen LogP contribution in [0.3, 0.4) is 0 Å². The van der Waals surface area contributed by atoms with Crippen LogP contribution < -0.4 is 16.4 Å². The van der Waals surface area contributed by atoms with Gasteiger partial charge in [0.1, 0.15) is 6.23 Å². The summed E-state index contributed by atoms with van der Waals surface area (Å²) in [5.41, 5.74) is 8.33. The maximum atomic E-state index is 12.1. The van der Waals surface area contributed by atoms with E-state index in [1.807, 2.05) is 18.2 Å². The summed E-state index contributed by atoms with van der Waals surface area (Å²) in [6.07, 6.45) is 1.87. The van der Waals surface area contributed by atoms with E-state index < -0.39 is 12.3 Å². The summed E-state index contributed by atoms with van der Waals surface area (Å²) in [5.74, 6) is -0.569. The lowest BCUT2D eigenvalue weighted by molar-refractivity contribution is -0.141. The van der Waals surface area contributed by atoms with E-state index in [0.717, 1.165) is 36.2 Å². The molecule has 130 valence electrons. The smallest absolute Gasteiger partial charge is 0.244 e. The largest absolute Gasteiger partial charge is 0.385 e. The lowest BCUT2D eigenvalue weighted by Crippen LogP contribution is -2.51. The Balaban J connectivity index is 1.73. The highest BCUT2D eigenvalue weighted by atomic mass is 16.3. The maximum absolute atomic E-state index is 12.1. The Kier molecular flexibility index (Phi) is 5.13. The number of rotatable bonds is 6. The molecule has 7 nitrogen and oxygen atoms in total. The van der Waals surface area contributed by atoms with Crippen molar-refractivity contribution in [3.05, 3.63) is 29.3 Å².